The van der Waals surface area contributed by atoms with E-state index in [1.54, 1.807) is 0 Å². The Kier molecular flexibility index (Phi) is 4.66. The zero-order chi connectivity index (χ0) is 16.9. The van der Waals surface area contributed by atoms with Crippen molar-refractivity contribution in [3.8, 4) is 11.4 Å². The lowest BCUT2D eigenvalue weighted by Crippen LogP contribution is -2.26. The van der Waals surface area contributed by atoms with Crippen LogP contribution in [0.3, 0.4) is 0 Å². The van der Waals surface area contributed by atoms with Gasteiger partial charge in [-0.15, -0.1) is 5.10 Å². The molecule has 1 aliphatic rings. The Hall–Kier alpha value is -3.01. The molecular formula is C14H11N5O4S. The summed E-state index contributed by atoms with van der Waals surface area (Å²) in [6.07, 6.45) is 2.52. The first-order valence-corrected chi connectivity index (χ1v) is 7.67. The summed E-state index contributed by atoms with van der Waals surface area (Å²) < 4.78 is 4.68. The quantitative estimate of drug-likeness (QED) is 0.613. The first-order chi connectivity index (χ1) is 11.6. The number of thioether (sulfide) groups is 1. The lowest BCUT2D eigenvalue weighted by Gasteiger charge is -1.97. The monoisotopic (exact) mass is 345 g/mol. The number of benzene rings is 1. The summed E-state index contributed by atoms with van der Waals surface area (Å²) in [5.74, 6) is -0.914. The minimum atomic E-state index is -1.03. The molecule has 2 N–H and O–H groups in total. The average Bonchev–Trinajstić information content (AvgIpc) is 3.19. The number of carboxylic acids is 1. The minimum absolute atomic E-state index is 0.253. The number of carboxylic acid groups (broad SMARTS) is 1. The first-order valence-electron chi connectivity index (χ1n) is 6.79. The van der Waals surface area contributed by atoms with E-state index in [2.05, 4.69) is 30.2 Å². The molecule has 10 heteroatoms. The molecule has 0 aliphatic carbocycles. The third kappa shape index (κ3) is 3.84. The normalized spacial score (nSPS) is 19.1. The van der Waals surface area contributed by atoms with E-state index < -0.39 is 11.2 Å². The Morgan fingerprint density at radius 1 is 1.42 bits per heavy atom. The van der Waals surface area contributed by atoms with Crippen molar-refractivity contribution in [1.29, 1.82) is 0 Å². The van der Waals surface area contributed by atoms with Crippen LogP contribution in [0.4, 0.5) is 0 Å². The molecule has 1 saturated heterocycles. The molecule has 0 radical (unpaired) electrons. The molecule has 1 amide bonds. The van der Waals surface area contributed by atoms with E-state index in [1.165, 1.54) is 12.6 Å². The number of carbonyl (C=O) groups is 2. The molecule has 0 bridgehead atoms. The zero-order valence-electron chi connectivity index (χ0n) is 12.1. The van der Waals surface area contributed by atoms with Gasteiger partial charge in [0, 0.05) is 5.56 Å². The smallest absolute Gasteiger partial charge is 0.305 e. The van der Waals surface area contributed by atoms with Crippen molar-refractivity contribution in [2.24, 2.45) is 10.2 Å². The van der Waals surface area contributed by atoms with Gasteiger partial charge in [0.1, 0.15) is 5.25 Å². The molecule has 1 atom stereocenters. The number of hydrogen-bond donors (Lipinski definition) is 2. The second-order valence-corrected chi connectivity index (χ2v) is 5.91. The summed E-state index contributed by atoms with van der Waals surface area (Å²) >= 11 is 1.05. The van der Waals surface area contributed by atoms with Crippen LogP contribution in [0.5, 0.6) is 0 Å². The van der Waals surface area contributed by atoms with Crippen LogP contribution >= 0.6 is 11.8 Å². The van der Waals surface area contributed by atoms with Crippen LogP contribution in [-0.2, 0) is 9.59 Å². The molecule has 3 rings (SSSR count). The van der Waals surface area contributed by atoms with Crippen molar-refractivity contribution in [1.82, 2.24) is 15.5 Å². The molecule has 1 fully saturated rings. The second kappa shape index (κ2) is 7.04. The standard InChI is InChI=1S/C14H11N5O4S/c20-11(21)5-10-13(22)17-14(24-10)18-16-6-8-1-3-9(4-2-8)12-15-7-23-19-12/h1-4,6-7,10H,5H2,(H,20,21)(H,17,18,22). The van der Waals surface area contributed by atoms with Crippen molar-refractivity contribution in [2.45, 2.75) is 11.7 Å². The summed E-state index contributed by atoms with van der Waals surface area (Å²) in [7, 11) is 0. The van der Waals surface area contributed by atoms with Gasteiger partial charge in [-0.05, 0) is 5.56 Å². The number of amides is 1. The van der Waals surface area contributed by atoms with E-state index in [9.17, 15) is 9.59 Å². The molecule has 2 aromatic rings. The van der Waals surface area contributed by atoms with E-state index in [0.29, 0.717) is 5.82 Å². The van der Waals surface area contributed by atoms with Crippen LogP contribution in [-0.4, -0.2) is 43.8 Å². The summed E-state index contributed by atoms with van der Waals surface area (Å²) in [4.78, 5) is 26.1. The van der Waals surface area contributed by atoms with Crippen molar-refractivity contribution in [3.05, 3.63) is 36.2 Å². The van der Waals surface area contributed by atoms with Gasteiger partial charge in [-0.2, -0.15) is 10.1 Å². The molecule has 1 aromatic heterocycles. The highest BCUT2D eigenvalue weighted by Gasteiger charge is 2.32. The maximum atomic E-state index is 11.6. The molecule has 2 heterocycles. The molecule has 0 spiro atoms. The lowest BCUT2D eigenvalue weighted by atomic mass is 10.1. The van der Waals surface area contributed by atoms with E-state index >= 15 is 0 Å². The SMILES string of the molecule is O=C(O)CC1SC(=NN=Cc2ccc(-c3ncon3)cc2)NC1=O. The molecule has 0 saturated carbocycles. The van der Waals surface area contributed by atoms with Gasteiger partial charge >= 0.3 is 5.97 Å². The number of nitrogens with one attached hydrogen (secondary N) is 1. The maximum absolute atomic E-state index is 11.6. The molecular weight excluding hydrogens is 334 g/mol. The fraction of sp³-hybridized carbons (Fsp3) is 0.143. The molecule has 9 nitrogen and oxygen atoms in total. The van der Waals surface area contributed by atoms with Crippen molar-refractivity contribution in [3.63, 3.8) is 0 Å². The summed E-state index contributed by atoms with van der Waals surface area (Å²) in [5, 5.41) is 22.3. The highest BCUT2D eigenvalue weighted by molar-refractivity contribution is 8.15. The number of aromatic nitrogens is 2. The molecule has 1 unspecified atom stereocenters. The van der Waals surface area contributed by atoms with Gasteiger partial charge in [0.05, 0.1) is 12.6 Å². The third-order valence-electron chi connectivity index (χ3n) is 3.02. The highest BCUT2D eigenvalue weighted by Crippen LogP contribution is 2.22. The van der Waals surface area contributed by atoms with E-state index in [1.807, 2.05) is 24.3 Å². The van der Waals surface area contributed by atoms with Gasteiger partial charge in [0.2, 0.25) is 18.1 Å². The van der Waals surface area contributed by atoms with Crippen LogP contribution < -0.4 is 5.32 Å². The zero-order valence-corrected chi connectivity index (χ0v) is 12.9. The molecule has 122 valence electrons. The van der Waals surface area contributed by atoms with Gasteiger partial charge < -0.3 is 14.9 Å². The molecule has 1 aliphatic heterocycles. The topological polar surface area (TPSA) is 130 Å². The van der Waals surface area contributed by atoms with Gasteiger partial charge in [-0.25, -0.2) is 0 Å². The van der Waals surface area contributed by atoms with Gasteiger partial charge in [0.15, 0.2) is 5.17 Å². The molecule has 1 aromatic carbocycles. The minimum Gasteiger partial charge on any atom is -0.481 e. The number of nitrogens with zero attached hydrogens (tertiary/aromatic N) is 4. The lowest BCUT2D eigenvalue weighted by molar-refractivity contribution is -0.138. The average molecular weight is 345 g/mol. The Labute approximate surface area is 139 Å². The number of amidine groups is 1. The Morgan fingerprint density at radius 2 is 2.21 bits per heavy atom. The second-order valence-electron chi connectivity index (χ2n) is 4.72. The van der Waals surface area contributed by atoms with Gasteiger partial charge in [0.25, 0.3) is 0 Å². The Bertz CT molecular complexity index is 801. The van der Waals surface area contributed by atoms with E-state index in [0.717, 1.165) is 22.9 Å². The summed E-state index contributed by atoms with van der Waals surface area (Å²) in [5.41, 5.74) is 1.60. The number of hydrogen-bond acceptors (Lipinski definition) is 8. The maximum Gasteiger partial charge on any atom is 0.305 e. The number of aliphatic carboxylic acids is 1. The predicted octanol–water partition coefficient (Wildman–Crippen LogP) is 1.13. The van der Waals surface area contributed by atoms with Crippen molar-refractivity contribution in [2.75, 3.05) is 0 Å². The fourth-order valence-corrected chi connectivity index (χ4v) is 2.82. The van der Waals surface area contributed by atoms with Crippen molar-refractivity contribution >= 4 is 35.0 Å². The fourth-order valence-electron chi connectivity index (χ4n) is 1.91. The van der Waals surface area contributed by atoms with Crippen LogP contribution in [0.2, 0.25) is 0 Å². The van der Waals surface area contributed by atoms with Crippen LogP contribution in [0.15, 0.2) is 45.4 Å². The highest BCUT2D eigenvalue weighted by atomic mass is 32.2. The van der Waals surface area contributed by atoms with Crippen LogP contribution in [0.25, 0.3) is 11.4 Å². The summed E-state index contributed by atoms with van der Waals surface area (Å²) in [6, 6.07) is 7.24. The largest absolute Gasteiger partial charge is 0.481 e. The predicted molar refractivity (Wildman–Crippen MR) is 86.5 cm³/mol. The number of rotatable bonds is 5. The van der Waals surface area contributed by atoms with Crippen LogP contribution in [0, 0.1) is 0 Å². The molecule has 24 heavy (non-hydrogen) atoms. The van der Waals surface area contributed by atoms with Gasteiger partial charge in [-0.3, -0.25) is 9.59 Å². The van der Waals surface area contributed by atoms with Crippen molar-refractivity contribution < 1.29 is 19.2 Å². The van der Waals surface area contributed by atoms with E-state index in [4.69, 9.17) is 5.11 Å². The van der Waals surface area contributed by atoms with E-state index in [-0.39, 0.29) is 17.5 Å². The third-order valence-corrected chi connectivity index (χ3v) is 4.09. The number of carbonyl (C=O) groups excluding carboxylic acids is 1. The summed E-state index contributed by atoms with van der Waals surface area (Å²) in [6.45, 7) is 0. The Balaban J connectivity index is 1.62. The van der Waals surface area contributed by atoms with Crippen LogP contribution in [0.1, 0.15) is 12.0 Å². The Morgan fingerprint density at radius 3 is 2.88 bits per heavy atom. The first kappa shape index (κ1) is 15.9. The van der Waals surface area contributed by atoms with Gasteiger partial charge in [-0.1, -0.05) is 41.2 Å².